The highest BCUT2D eigenvalue weighted by molar-refractivity contribution is 6.18. The number of carbonyl (C=O) groups is 3. The van der Waals surface area contributed by atoms with Gasteiger partial charge in [0.2, 0.25) is 11.8 Å². The van der Waals surface area contributed by atoms with Crippen LogP contribution in [0, 0.1) is 11.7 Å². The molecule has 0 saturated carbocycles. The van der Waals surface area contributed by atoms with Crippen molar-refractivity contribution in [2.45, 2.75) is 6.42 Å². The number of Topliss-reactive ketones (excluding diaryl/α,β-unsaturated/α-hetero) is 1. The van der Waals surface area contributed by atoms with E-state index < -0.39 is 29.3 Å². The van der Waals surface area contributed by atoms with Crippen LogP contribution in [0.4, 0.5) is 4.39 Å². The molecule has 2 rings (SSSR count). The number of carbonyl (C=O) groups excluding carboxylic acids is 3. The van der Waals surface area contributed by atoms with Gasteiger partial charge in [0.15, 0.2) is 5.78 Å². The molecule has 1 aromatic rings. The minimum Gasteiger partial charge on any atom is -0.296 e. The fourth-order valence-electron chi connectivity index (χ4n) is 1.58. The monoisotopic (exact) mass is 221 g/mol. The van der Waals surface area contributed by atoms with Crippen molar-refractivity contribution in [2.24, 2.45) is 5.92 Å². The molecule has 1 saturated heterocycles. The Hall–Kier alpha value is -2.04. The lowest BCUT2D eigenvalue weighted by Crippen LogP contribution is -2.26. The summed E-state index contributed by atoms with van der Waals surface area (Å²) in [5.74, 6) is -2.92. The van der Waals surface area contributed by atoms with Gasteiger partial charge in [0.1, 0.15) is 11.7 Å². The third-order valence-corrected chi connectivity index (χ3v) is 2.41. The fraction of sp³-hybridized carbons (Fsp3) is 0.182. The third kappa shape index (κ3) is 1.84. The highest BCUT2D eigenvalue weighted by atomic mass is 19.1. The standard InChI is InChI=1S/C11H8FNO3/c12-7-3-1-6(2-4-7)10(15)8-5-9(14)13-11(8)16/h1-4,8H,5H2,(H,13,14,16). The van der Waals surface area contributed by atoms with Crippen molar-refractivity contribution in [1.82, 2.24) is 5.32 Å². The highest BCUT2D eigenvalue weighted by Gasteiger charge is 2.36. The van der Waals surface area contributed by atoms with Crippen LogP contribution in [-0.2, 0) is 9.59 Å². The van der Waals surface area contributed by atoms with Crippen LogP contribution in [0.3, 0.4) is 0 Å². The molecule has 1 heterocycles. The van der Waals surface area contributed by atoms with Crippen LogP contribution in [-0.4, -0.2) is 17.6 Å². The smallest absolute Gasteiger partial charge is 0.238 e. The van der Waals surface area contributed by atoms with Gasteiger partial charge in [-0.1, -0.05) is 0 Å². The second-order valence-electron chi connectivity index (χ2n) is 3.54. The van der Waals surface area contributed by atoms with Crippen molar-refractivity contribution in [1.29, 1.82) is 0 Å². The molecule has 16 heavy (non-hydrogen) atoms. The molecule has 1 unspecified atom stereocenters. The topological polar surface area (TPSA) is 63.2 Å². The molecule has 1 aliphatic heterocycles. The zero-order valence-corrected chi connectivity index (χ0v) is 8.20. The maximum atomic E-state index is 12.6. The maximum Gasteiger partial charge on any atom is 0.238 e. The summed E-state index contributed by atoms with van der Waals surface area (Å²) in [5.41, 5.74) is 0.233. The predicted octanol–water partition coefficient (Wildman–Crippen LogP) is 0.671. The molecule has 0 spiro atoms. The average molecular weight is 221 g/mol. The Balaban J connectivity index is 2.22. The van der Waals surface area contributed by atoms with E-state index in [0.29, 0.717) is 0 Å². The van der Waals surface area contributed by atoms with Crippen LogP contribution in [0.1, 0.15) is 16.8 Å². The first-order valence-electron chi connectivity index (χ1n) is 4.71. The van der Waals surface area contributed by atoms with Crippen molar-refractivity contribution in [2.75, 3.05) is 0 Å². The summed E-state index contributed by atoms with van der Waals surface area (Å²) >= 11 is 0. The van der Waals surface area contributed by atoms with Gasteiger partial charge in [0, 0.05) is 12.0 Å². The first-order chi connectivity index (χ1) is 7.58. The lowest BCUT2D eigenvalue weighted by atomic mass is 9.96. The number of hydrogen-bond acceptors (Lipinski definition) is 3. The summed E-state index contributed by atoms with van der Waals surface area (Å²) in [6, 6.07) is 4.88. The maximum absolute atomic E-state index is 12.6. The van der Waals surface area contributed by atoms with Crippen LogP contribution in [0.5, 0.6) is 0 Å². The van der Waals surface area contributed by atoms with Crippen LogP contribution in [0.25, 0.3) is 0 Å². The minimum atomic E-state index is -0.974. The second kappa shape index (κ2) is 3.84. The van der Waals surface area contributed by atoms with Crippen molar-refractivity contribution >= 4 is 17.6 Å². The van der Waals surface area contributed by atoms with Crippen LogP contribution in [0.2, 0.25) is 0 Å². The molecular weight excluding hydrogens is 213 g/mol. The Kier molecular flexibility index (Phi) is 2.52. The molecule has 1 fully saturated rings. The Bertz CT molecular complexity index is 467. The normalized spacial score (nSPS) is 19.7. The summed E-state index contributed by atoms with van der Waals surface area (Å²) in [5, 5.41) is 2.06. The summed E-state index contributed by atoms with van der Waals surface area (Å²) in [6.45, 7) is 0. The molecule has 2 amide bonds. The van der Waals surface area contributed by atoms with E-state index in [2.05, 4.69) is 5.32 Å². The number of benzene rings is 1. The third-order valence-electron chi connectivity index (χ3n) is 2.41. The first-order valence-corrected chi connectivity index (χ1v) is 4.71. The van der Waals surface area contributed by atoms with E-state index in [-0.39, 0.29) is 12.0 Å². The van der Waals surface area contributed by atoms with Gasteiger partial charge in [0.05, 0.1) is 0 Å². The van der Waals surface area contributed by atoms with E-state index in [9.17, 15) is 18.8 Å². The van der Waals surface area contributed by atoms with Gasteiger partial charge in [-0.25, -0.2) is 4.39 Å². The molecule has 82 valence electrons. The summed E-state index contributed by atoms with van der Waals surface area (Å²) < 4.78 is 12.6. The molecule has 0 radical (unpaired) electrons. The lowest BCUT2D eigenvalue weighted by molar-refractivity contribution is -0.125. The average Bonchev–Trinajstić information content (AvgIpc) is 2.58. The van der Waals surface area contributed by atoms with E-state index in [0.717, 1.165) is 12.1 Å². The number of hydrogen-bond donors (Lipinski definition) is 1. The van der Waals surface area contributed by atoms with Crippen molar-refractivity contribution < 1.29 is 18.8 Å². The van der Waals surface area contributed by atoms with Gasteiger partial charge in [-0.05, 0) is 24.3 Å². The van der Waals surface area contributed by atoms with E-state index in [1.807, 2.05) is 0 Å². The number of imide groups is 1. The van der Waals surface area contributed by atoms with Crippen LogP contribution in [0.15, 0.2) is 24.3 Å². The van der Waals surface area contributed by atoms with Crippen LogP contribution < -0.4 is 5.32 Å². The van der Waals surface area contributed by atoms with Gasteiger partial charge in [-0.2, -0.15) is 0 Å². The van der Waals surface area contributed by atoms with Crippen molar-refractivity contribution in [3.63, 3.8) is 0 Å². The van der Waals surface area contributed by atoms with Gasteiger partial charge >= 0.3 is 0 Å². The first kappa shape index (κ1) is 10.5. The molecule has 5 heteroatoms. The highest BCUT2D eigenvalue weighted by Crippen LogP contribution is 2.17. The summed E-state index contributed by atoms with van der Waals surface area (Å²) in [7, 11) is 0. The molecule has 0 aromatic heterocycles. The Labute approximate surface area is 90.5 Å². The Morgan fingerprint density at radius 3 is 2.38 bits per heavy atom. The molecule has 0 aliphatic carbocycles. The van der Waals surface area contributed by atoms with E-state index >= 15 is 0 Å². The summed E-state index contributed by atoms with van der Waals surface area (Å²) in [6.07, 6.45) is -0.130. The Morgan fingerprint density at radius 2 is 1.88 bits per heavy atom. The second-order valence-corrected chi connectivity index (χ2v) is 3.54. The zero-order chi connectivity index (χ0) is 11.7. The van der Waals surface area contributed by atoms with Gasteiger partial charge in [-0.3, -0.25) is 19.7 Å². The number of ketones is 1. The molecular formula is C11H8FNO3. The molecule has 0 bridgehead atoms. The number of nitrogens with one attached hydrogen (secondary N) is 1. The molecule has 1 atom stereocenters. The number of rotatable bonds is 2. The van der Waals surface area contributed by atoms with E-state index in [4.69, 9.17) is 0 Å². The van der Waals surface area contributed by atoms with E-state index in [1.165, 1.54) is 12.1 Å². The molecule has 1 aliphatic rings. The molecule has 1 aromatic carbocycles. The minimum absolute atomic E-state index is 0.130. The lowest BCUT2D eigenvalue weighted by Gasteiger charge is -2.04. The van der Waals surface area contributed by atoms with Crippen LogP contribution >= 0.6 is 0 Å². The van der Waals surface area contributed by atoms with E-state index in [1.54, 1.807) is 0 Å². The van der Waals surface area contributed by atoms with Gasteiger partial charge in [0.25, 0.3) is 0 Å². The van der Waals surface area contributed by atoms with Gasteiger partial charge < -0.3 is 0 Å². The Morgan fingerprint density at radius 1 is 1.25 bits per heavy atom. The quantitative estimate of drug-likeness (QED) is 0.453. The largest absolute Gasteiger partial charge is 0.296 e. The zero-order valence-electron chi connectivity index (χ0n) is 8.20. The van der Waals surface area contributed by atoms with Crippen molar-refractivity contribution in [3.8, 4) is 0 Å². The number of halogens is 1. The van der Waals surface area contributed by atoms with Crippen molar-refractivity contribution in [3.05, 3.63) is 35.6 Å². The fourth-order valence-corrected chi connectivity index (χ4v) is 1.58. The van der Waals surface area contributed by atoms with Gasteiger partial charge in [-0.15, -0.1) is 0 Å². The molecule has 1 N–H and O–H groups in total. The summed E-state index contributed by atoms with van der Waals surface area (Å²) in [4.78, 5) is 33.9. The SMILES string of the molecule is O=C1CC(C(=O)c2ccc(F)cc2)C(=O)N1. The molecule has 4 nitrogen and oxygen atoms in total. The number of amides is 2. The predicted molar refractivity (Wildman–Crippen MR) is 52.0 cm³/mol.